The summed E-state index contributed by atoms with van der Waals surface area (Å²) in [5.74, 6) is 0.310. The largest absolute Gasteiger partial charge is 0.328 e. The molecule has 7 heteroatoms. The van der Waals surface area contributed by atoms with Gasteiger partial charge >= 0.3 is 0 Å². The fourth-order valence-electron chi connectivity index (χ4n) is 1.55. The molecule has 0 radical (unpaired) electrons. The van der Waals surface area contributed by atoms with Gasteiger partial charge in [-0.3, -0.25) is 4.79 Å². The Balaban J connectivity index is 2.49. The number of rotatable bonds is 6. The number of nitrogens with one attached hydrogen (secondary N) is 1. The average Bonchev–Trinajstić information content (AvgIpc) is 2.32. The summed E-state index contributed by atoms with van der Waals surface area (Å²) >= 11 is 6.47. The molecule has 1 heterocycles. The van der Waals surface area contributed by atoms with Crippen LogP contribution < -0.4 is 11.1 Å². The van der Waals surface area contributed by atoms with Crippen LogP contribution in [0.1, 0.15) is 33.1 Å². The van der Waals surface area contributed by atoms with Gasteiger partial charge in [0, 0.05) is 12.0 Å². The standard InChI is InChI=1S/C12H18Br2N4O/c1-7(4-3-5-8(2)15)12(19)18-11-10(14)17-9(13)6-16-11/h6-8H,3-5,15H2,1-2H3,(H,16,18,19). The summed E-state index contributed by atoms with van der Waals surface area (Å²) < 4.78 is 1.13. The van der Waals surface area contributed by atoms with E-state index in [-0.39, 0.29) is 17.9 Å². The number of carbonyl (C=O) groups is 1. The number of amides is 1. The zero-order valence-corrected chi connectivity index (χ0v) is 14.2. The van der Waals surface area contributed by atoms with Gasteiger partial charge in [-0.15, -0.1) is 0 Å². The molecule has 5 nitrogen and oxygen atoms in total. The summed E-state index contributed by atoms with van der Waals surface area (Å²) in [4.78, 5) is 20.2. The molecule has 0 spiro atoms. The van der Waals surface area contributed by atoms with Crippen molar-refractivity contribution in [3.05, 3.63) is 15.4 Å². The number of carbonyl (C=O) groups excluding carboxylic acids is 1. The molecular weight excluding hydrogens is 376 g/mol. The Morgan fingerprint density at radius 1 is 1.42 bits per heavy atom. The first-order chi connectivity index (χ1) is 8.90. The highest BCUT2D eigenvalue weighted by Gasteiger charge is 2.15. The molecule has 0 aliphatic heterocycles. The van der Waals surface area contributed by atoms with Gasteiger partial charge in [-0.25, -0.2) is 9.97 Å². The first kappa shape index (κ1) is 16.5. The third-order valence-electron chi connectivity index (χ3n) is 2.69. The Hall–Kier alpha value is -0.530. The lowest BCUT2D eigenvalue weighted by atomic mass is 10.0. The summed E-state index contributed by atoms with van der Waals surface area (Å²) in [5, 5.41) is 2.76. The highest BCUT2D eigenvalue weighted by Crippen LogP contribution is 2.20. The second-order valence-corrected chi connectivity index (χ2v) is 6.19. The lowest BCUT2D eigenvalue weighted by Gasteiger charge is -2.13. The van der Waals surface area contributed by atoms with Crippen LogP contribution in [0.15, 0.2) is 15.4 Å². The van der Waals surface area contributed by atoms with Crippen LogP contribution in [-0.2, 0) is 4.79 Å². The van der Waals surface area contributed by atoms with Gasteiger partial charge < -0.3 is 11.1 Å². The molecule has 106 valence electrons. The highest BCUT2D eigenvalue weighted by molar-refractivity contribution is 9.11. The lowest BCUT2D eigenvalue weighted by Crippen LogP contribution is -2.22. The van der Waals surface area contributed by atoms with Gasteiger partial charge in [-0.1, -0.05) is 13.3 Å². The molecule has 1 aromatic rings. The average molecular weight is 394 g/mol. The molecule has 0 fully saturated rings. The number of anilines is 1. The maximum atomic E-state index is 12.0. The van der Waals surface area contributed by atoms with Crippen molar-refractivity contribution in [1.82, 2.24) is 9.97 Å². The van der Waals surface area contributed by atoms with Crippen molar-refractivity contribution in [3.8, 4) is 0 Å². The second kappa shape index (κ2) is 7.91. The topological polar surface area (TPSA) is 80.9 Å². The second-order valence-electron chi connectivity index (χ2n) is 4.63. The van der Waals surface area contributed by atoms with E-state index in [4.69, 9.17) is 5.73 Å². The van der Waals surface area contributed by atoms with E-state index in [2.05, 4.69) is 47.1 Å². The van der Waals surface area contributed by atoms with Gasteiger partial charge in [0.05, 0.1) is 6.20 Å². The summed E-state index contributed by atoms with van der Waals surface area (Å²) in [6.07, 6.45) is 4.23. The van der Waals surface area contributed by atoms with Gasteiger partial charge in [-0.2, -0.15) is 0 Å². The molecule has 0 bridgehead atoms. The minimum atomic E-state index is -0.0731. The minimum Gasteiger partial charge on any atom is -0.328 e. The lowest BCUT2D eigenvalue weighted by molar-refractivity contribution is -0.119. The van der Waals surface area contributed by atoms with Crippen LogP contribution in [0.3, 0.4) is 0 Å². The van der Waals surface area contributed by atoms with Crippen molar-refractivity contribution in [1.29, 1.82) is 0 Å². The molecule has 0 aromatic carbocycles. The van der Waals surface area contributed by atoms with E-state index in [1.165, 1.54) is 0 Å². The van der Waals surface area contributed by atoms with Crippen LogP contribution in [0.5, 0.6) is 0 Å². The summed E-state index contributed by atoms with van der Waals surface area (Å²) in [7, 11) is 0. The molecule has 19 heavy (non-hydrogen) atoms. The smallest absolute Gasteiger partial charge is 0.228 e. The molecular formula is C12H18Br2N4O. The van der Waals surface area contributed by atoms with Gasteiger partial charge in [0.2, 0.25) is 5.91 Å². The molecule has 2 atom stereocenters. The molecule has 0 aliphatic rings. The van der Waals surface area contributed by atoms with Gasteiger partial charge in [0.15, 0.2) is 5.82 Å². The molecule has 1 rings (SSSR count). The van der Waals surface area contributed by atoms with Crippen LogP contribution >= 0.6 is 31.9 Å². The first-order valence-corrected chi connectivity index (χ1v) is 7.73. The van der Waals surface area contributed by atoms with Crippen LogP contribution in [0.4, 0.5) is 5.82 Å². The van der Waals surface area contributed by atoms with Crippen LogP contribution in [0, 0.1) is 5.92 Å². The minimum absolute atomic E-state index is 0.0537. The molecule has 2 unspecified atom stereocenters. The zero-order chi connectivity index (χ0) is 14.4. The van der Waals surface area contributed by atoms with Crippen molar-refractivity contribution < 1.29 is 4.79 Å². The molecule has 0 saturated carbocycles. The fraction of sp³-hybridized carbons (Fsp3) is 0.583. The Morgan fingerprint density at radius 3 is 2.68 bits per heavy atom. The summed E-state index contributed by atoms with van der Waals surface area (Å²) in [6.45, 7) is 3.87. The Kier molecular flexibility index (Phi) is 6.88. The monoisotopic (exact) mass is 392 g/mol. The van der Waals surface area contributed by atoms with Crippen LogP contribution in [-0.4, -0.2) is 21.9 Å². The van der Waals surface area contributed by atoms with Gasteiger partial charge in [0.25, 0.3) is 0 Å². The third-order valence-corrected chi connectivity index (χ3v) is 3.62. The number of hydrogen-bond donors (Lipinski definition) is 2. The molecule has 1 aromatic heterocycles. The Bertz CT molecular complexity index is 440. The van der Waals surface area contributed by atoms with Crippen molar-refractivity contribution in [2.75, 3.05) is 5.32 Å². The maximum Gasteiger partial charge on any atom is 0.228 e. The Labute approximate surface area is 130 Å². The number of hydrogen-bond acceptors (Lipinski definition) is 4. The quantitative estimate of drug-likeness (QED) is 0.777. The molecule has 0 aliphatic carbocycles. The number of aromatic nitrogens is 2. The molecule has 1 amide bonds. The zero-order valence-electron chi connectivity index (χ0n) is 11.0. The predicted octanol–water partition coefficient (Wildman–Crippen LogP) is 3.09. The molecule has 0 saturated heterocycles. The highest BCUT2D eigenvalue weighted by atomic mass is 79.9. The Morgan fingerprint density at radius 2 is 2.11 bits per heavy atom. The van der Waals surface area contributed by atoms with E-state index in [0.29, 0.717) is 15.0 Å². The van der Waals surface area contributed by atoms with Crippen molar-refractivity contribution in [2.24, 2.45) is 11.7 Å². The van der Waals surface area contributed by atoms with E-state index in [1.54, 1.807) is 6.20 Å². The SMILES string of the molecule is CC(N)CCCC(C)C(=O)Nc1ncc(Br)nc1Br. The fourth-order valence-corrected chi connectivity index (χ4v) is 2.46. The van der Waals surface area contributed by atoms with Crippen molar-refractivity contribution in [3.63, 3.8) is 0 Å². The van der Waals surface area contributed by atoms with E-state index in [9.17, 15) is 4.79 Å². The number of nitrogens with zero attached hydrogens (tertiary/aromatic N) is 2. The molecule has 3 N–H and O–H groups in total. The third kappa shape index (κ3) is 5.97. The van der Waals surface area contributed by atoms with Crippen LogP contribution in [0.2, 0.25) is 0 Å². The number of nitrogens with two attached hydrogens (primary N) is 1. The van der Waals surface area contributed by atoms with E-state index in [0.717, 1.165) is 19.3 Å². The summed E-state index contributed by atoms with van der Waals surface area (Å²) in [5.41, 5.74) is 5.68. The van der Waals surface area contributed by atoms with Crippen molar-refractivity contribution in [2.45, 2.75) is 39.2 Å². The van der Waals surface area contributed by atoms with Gasteiger partial charge in [-0.05, 0) is 51.6 Å². The maximum absolute atomic E-state index is 12.0. The van der Waals surface area contributed by atoms with E-state index < -0.39 is 0 Å². The number of halogens is 2. The van der Waals surface area contributed by atoms with E-state index >= 15 is 0 Å². The van der Waals surface area contributed by atoms with Crippen molar-refractivity contribution >= 4 is 43.6 Å². The first-order valence-electron chi connectivity index (χ1n) is 6.14. The van der Waals surface area contributed by atoms with Crippen LogP contribution in [0.25, 0.3) is 0 Å². The van der Waals surface area contributed by atoms with Gasteiger partial charge in [0.1, 0.15) is 9.21 Å². The predicted molar refractivity (Wildman–Crippen MR) is 82.7 cm³/mol. The normalized spacial score (nSPS) is 13.9. The van der Waals surface area contributed by atoms with E-state index in [1.807, 2.05) is 13.8 Å². The summed E-state index contributed by atoms with van der Waals surface area (Å²) in [6, 6.07) is 0.182.